The minimum Gasteiger partial charge on any atom is -0.489 e. The van der Waals surface area contributed by atoms with E-state index in [2.05, 4.69) is 11.4 Å². The van der Waals surface area contributed by atoms with E-state index in [0.717, 1.165) is 28.9 Å². The number of esters is 1. The number of dihydropyridines is 1. The van der Waals surface area contributed by atoms with Crippen LogP contribution in [0, 0.1) is 0 Å². The molecule has 0 fully saturated rings. The Labute approximate surface area is 209 Å². The molecule has 0 unspecified atom stereocenters. The zero-order valence-electron chi connectivity index (χ0n) is 19.7. The van der Waals surface area contributed by atoms with Gasteiger partial charge < -0.3 is 14.8 Å². The topological polar surface area (TPSA) is 64.6 Å². The Morgan fingerprint density at radius 3 is 2.63 bits per heavy atom. The van der Waals surface area contributed by atoms with Crippen molar-refractivity contribution >= 4 is 23.1 Å². The number of ketones is 1. The lowest BCUT2D eigenvalue weighted by Gasteiger charge is -2.36. The number of ether oxygens (including phenoxy) is 2. The van der Waals surface area contributed by atoms with E-state index in [4.69, 9.17) is 9.47 Å². The maximum Gasteiger partial charge on any atom is 0.336 e. The molecule has 1 aliphatic carbocycles. The zero-order valence-corrected chi connectivity index (χ0v) is 20.6. The minimum atomic E-state index is -0.504. The van der Waals surface area contributed by atoms with Crippen molar-refractivity contribution in [2.75, 3.05) is 7.11 Å². The van der Waals surface area contributed by atoms with Gasteiger partial charge in [-0.3, -0.25) is 4.79 Å². The Kier molecular flexibility index (Phi) is 6.55. The molecule has 35 heavy (non-hydrogen) atoms. The first-order chi connectivity index (χ1) is 17.0. The summed E-state index contributed by atoms with van der Waals surface area (Å²) >= 11 is 1.68. The molecule has 5 nitrogen and oxygen atoms in total. The molecule has 2 aromatic carbocycles. The number of benzene rings is 2. The van der Waals surface area contributed by atoms with E-state index in [1.807, 2.05) is 73.0 Å². The molecule has 3 aromatic rings. The maximum absolute atomic E-state index is 13.6. The van der Waals surface area contributed by atoms with Crippen molar-refractivity contribution in [1.29, 1.82) is 0 Å². The van der Waals surface area contributed by atoms with Crippen LogP contribution in [0.3, 0.4) is 0 Å². The van der Waals surface area contributed by atoms with E-state index in [1.54, 1.807) is 11.3 Å². The zero-order chi connectivity index (χ0) is 24.4. The third-order valence-corrected chi connectivity index (χ3v) is 7.65. The van der Waals surface area contributed by atoms with E-state index < -0.39 is 11.9 Å². The summed E-state index contributed by atoms with van der Waals surface area (Å²) in [5.41, 5.74) is 4.64. The number of hydrogen-bond donors (Lipinski definition) is 1. The summed E-state index contributed by atoms with van der Waals surface area (Å²) < 4.78 is 11.2. The number of hydrogen-bond acceptors (Lipinski definition) is 6. The molecule has 0 saturated heterocycles. The smallest absolute Gasteiger partial charge is 0.336 e. The summed E-state index contributed by atoms with van der Waals surface area (Å²) in [6.45, 7) is 2.31. The molecule has 1 aromatic heterocycles. The molecule has 6 heteroatoms. The molecule has 1 aliphatic heterocycles. The van der Waals surface area contributed by atoms with Crippen molar-refractivity contribution in [2.45, 2.75) is 38.2 Å². The highest BCUT2D eigenvalue weighted by Crippen LogP contribution is 2.46. The van der Waals surface area contributed by atoms with Crippen molar-refractivity contribution in [3.8, 4) is 5.75 Å². The van der Waals surface area contributed by atoms with Gasteiger partial charge in [0.15, 0.2) is 5.78 Å². The number of Topliss-reactive ketones (excluding diaryl/α,β-unsaturated/α-hetero) is 1. The second kappa shape index (κ2) is 9.92. The number of rotatable bonds is 6. The van der Waals surface area contributed by atoms with Crippen molar-refractivity contribution in [3.63, 3.8) is 0 Å². The molecule has 0 radical (unpaired) electrons. The summed E-state index contributed by atoms with van der Waals surface area (Å²) in [5, 5.41) is 5.42. The van der Waals surface area contributed by atoms with Crippen LogP contribution >= 0.6 is 11.3 Å². The Morgan fingerprint density at radius 1 is 1.06 bits per heavy atom. The molecule has 0 spiro atoms. The molecular formula is C29H27NO4S. The number of nitrogens with one attached hydrogen (secondary N) is 1. The molecule has 0 bridgehead atoms. The largest absolute Gasteiger partial charge is 0.489 e. The summed E-state index contributed by atoms with van der Waals surface area (Å²) in [5.74, 6) is -0.0474. The lowest BCUT2D eigenvalue weighted by Crippen LogP contribution is -2.35. The molecule has 2 heterocycles. The van der Waals surface area contributed by atoms with Gasteiger partial charge in [-0.15, -0.1) is 11.3 Å². The summed E-state index contributed by atoms with van der Waals surface area (Å²) in [4.78, 5) is 27.7. The van der Waals surface area contributed by atoms with Crippen LogP contribution in [0.1, 0.15) is 47.6 Å². The molecule has 0 amide bonds. The minimum absolute atomic E-state index is 0.0617. The molecule has 1 N–H and O–H groups in total. The van der Waals surface area contributed by atoms with Crippen LogP contribution in [0.15, 0.2) is 94.7 Å². The van der Waals surface area contributed by atoms with E-state index >= 15 is 0 Å². The van der Waals surface area contributed by atoms with Crippen molar-refractivity contribution in [3.05, 3.63) is 111 Å². The van der Waals surface area contributed by atoms with Crippen LogP contribution in [-0.2, 0) is 20.9 Å². The van der Waals surface area contributed by atoms with E-state index in [9.17, 15) is 9.59 Å². The van der Waals surface area contributed by atoms with Gasteiger partial charge in [0.2, 0.25) is 0 Å². The van der Waals surface area contributed by atoms with Gasteiger partial charge in [-0.2, -0.15) is 0 Å². The molecule has 2 atom stereocenters. The van der Waals surface area contributed by atoms with Gasteiger partial charge in [0.25, 0.3) is 0 Å². The van der Waals surface area contributed by atoms with Gasteiger partial charge in [0.1, 0.15) is 12.4 Å². The fourth-order valence-corrected chi connectivity index (χ4v) is 5.83. The second-order valence-electron chi connectivity index (χ2n) is 8.87. The maximum atomic E-state index is 13.6. The van der Waals surface area contributed by atoms with E-state index in [-0.39, 0.29) is 11.7 Å². The number of carbonyl (C=O) groups is 2. The Bertz CT molecular complexity index is 1310. The number of thiophene rings is 1. The highest BCUT2D eigenvalue weighted by molar-refractivity contribution is 7.10. The monoisotopic (exact) mass is 485 g/mol. The van der Waals surface area contributed by atoms with Crippen LogP contribution in [0.5, 0.6) is 5.75 Å². The third-order valence-electron chi connectivity index (χ3n) is 6.62. The molecular weight excluding hydrogens is 458 g/mol. The number of carbonyl (C=O) groups excluding carboxylic acids is 2. The van der Waals surface area contributed by atoms with Gasteiger partial charge in [0.05, 0.1) is 12.7 Å². The van der Waals surface area contributed by atoms with Gasteiger partial charge in [-0.05, 0) is 48.1 Å². The van der Waals surface area contributed by atoms with Crippen LogP contribution in [-0.4, -0.2) is 18.9 Å². The Morgan fingerprint density at radius 2 is 1.89 bits per heavy atom. The normalized spacial score (nSPS) is 19.8. The second-order valence-corrected chi connectivity index (χ2v) is 9.85. The number of methoxy groups -OCH3 is 1. The first kappa shape index (κ1) is 23.1. The first-order valence-corrected chi connectivity index (χ1v) is 12.6. The summed E-state index contributed by atoms with van der Waals surface area (Å²) in [6.07, 6.45) is 1.16. The van der Waals surface area contributed by atoms with Crippen molar-refractivity contribution < 1.29 is 19.1 Å². The molecule has 5 rings (SSSR count). The summed E-state index contributed by atoms with van der Waals surface area (Å²) in [7, 11) is 1.37. The van der Waals surface area contributed by atoms with E-state index in [0.29, 0.717) is 29.9 Å². The van der Waals surface area contributed by atoms with Crippen molar-refractivity contribution in [2.24, 2.45) is 0 Å². The fraction of sp³-hybridized carbons (Fsp3) is 0.241. The third kappa shape index (κ3) is 4.66. The molecule has 0 saturated carbocycles. The Balaban J connectivity index is 1.52. The average molecular weight is 486 g/mol. The Hall–Kier alpha value is -3.64. The van der Waals surface area contributed by atoms with Crippen molar-refractivity contribution in [1.82, 2.24) is 5.32 Å². The van der Waals surface area contributed by atoms with Gasteiger partial charge in [-0.25, -0.2) is 4.79 Å². The first-order valence-electron chi connectivity index (χ1n) is 11.7. The predicted molar refractivity (Wildman–Crippen MR) is 136 cm³/mol. The SMILES string of the molecule is COC(=O)C1=C(C)NC2=C(C(=O)C[C@@H](c3cccs3)C2)[C@H]1c1cccc(OCc2ccccc2)c1. The predicted octanol–water partition coefficient (Wildman–Crippen LogP) is 5.86. The van der Waals surface area contributed by atoms with Crippen LogP contribution in [0.2, 0.25) is 0 Å². The van der Waals surface area contributed by atoms with Gasteiger partial charge in [-0.1, -0.05) is 48.5 Å². The van der Waals surface area contributed by atoms with Crippen LogP contribution < -0.4 is 10.1 Å². The summed E-state index contributed by atoms with van der Waals surface area (Å²) in [6, 6.07) is 21.7. The highest BCUT2D eigenvalue weighted by Gasteiger charge is 2.41. The van der Waals surface area contributed by atoms with Crippen LogP contribution in [0.25, 0.3) is 0 Å². The molecule has 2 aliphatic rings. The van der Waals surface area contributed by atoms with Gasteiger partial charge in [0, 0.05) is 40.1 Å². The van der Waals surface area contributed by atoms with E-state index in [1.165, 1.54) is 12.0 Å². The quantitative estimate of drug-likeness (QED) is 0.443. The number of allylic oxidation sites excluding steroid dienone is 3. The van der Waals surface area contributed by atoms with Crippen LogP contribution in [0.4, 0.5) is 0 Å². The standard InChI is InChI=1S/C29H27NO4S/c1-18-26(29(32)33-2)27(20-10-6-11-22(14-20)34-17-19-8-4-3-5-9-19)28-23(30-18)15-21(16-24(28)31)25-12-7-13-35-25/h3-14,21,27,30H,15-17H2,1-2H3/t21-,27-/m0/s1. The highest BCUT2D eigenvalue weighted by atomic mass is 32.1. The molecule has 178 valence electrons. The lowest BCUT2D eigenvalue weighted by atomic mass is 9.72. The lowest BCUT2D eigenvalue weighted by molar-refractivity contribution is -0.136. The van der Waals surface area contributed by atoms with Gasteiger partial charge >= 0.3 is 5.97 Å². The fourth-order valence-electron chi connectivity index (χ4n) is 5.00. The average Bonchev–Trinajstić information content (AvgIpc) is 3.42.